The normalized spacial score (nSPS) is 12.1. The molecule has 2 heteroatoms. The minimum atomic E-state index is -0.0261. The van der Waals surface area contributed by atoms with Gasteiger partial charge in [-0.15, -0.1) is 6.42 Å². The van der Waals surface area contributed by atoms with Crippen molar-refractivity contribution >= 4 is 0 Å². The largest absolute Gasteiger partial charge is 0.323 e. The van der Waals surface area contributed by atoms with Gasteiger partial charge in [0.15, 0.2) is 0 Å². The van der Waals surface area contributed by atoms with Gasteiger partial charge in [-0.1, -0.05) is 5.92 Å². The van der Waals surface area contributed by atoms with Crippen molar-refractivity contribution in [2.24, 2.45) is 5.73 Å². The summed E-state index contributed by atoms with van der Waals surface area (Å²) in [6.45, 7) is 1.89. The number of nitrogens with zero attached hydrogens (tertiary/aromatic N) is 1. The zero-order valence-corrected chi connectivity index (χ0v) is 6.41. The second kappa shape index (κ2) is 3.18. The molecule has 1 aromatic heterocycles. The summed E-state index contributed by atoms with van der Waals surface area (Å²) in [7, 11) is 0. The molecule has 0 saturated carbocycles. The molecule has 1 unspecified atom stereocenters. The first kappa shape index (κ1) is 7.77. The molecule has 0 aliphatic rings. The van der Waals surface area contributed by atoms with Gasteiger partial charge in [-0.3, -0.25) is 4.98 Å². The van der Waals surface area contributed by atoms with Crippen LogP contribution >= 0.6 is 0 Å². The number of pyridine rings is 1. The molecule has 1 aromatic rings. The Bertz CT molecular complexity index is 267. The van der Waals surface area contributed by atoms with Crippen LogP contribution in [0.4, 0.5) is 0 Å². The van der Waals surface area contributed by atoms with Crippen LogP contribution in [0.2, 0.25) is 0 Å². The average Bonchev–Trinajstić information content (AvgIpc) is 2.05. The number of hydrogen-bond donors (Lipinski definition) is 1. The van der Waals surface area contributed by atoms with Gasteiger partial charge in [-0.2, -0.15) is 0 Å². The Labute approximate surface area is 66.4 Å². The summed E-state index contributed by atoms with van der Waals surface area (Å²) >= 11 is 0. The molecule has 0 saturated heterocycles. The van der Waals surface area contributed by atoms with E-state index in [4.69, 9.17) is 12.2 Å². The van der Waals surface area contributed by atoms with Crippen LogP contribution in [0.5, 0.6) is 0 Å². The van der Waals surface area contributed by atoms with E-state index in [0.29, 0.717) is 0 Å². The molecule has 0 aromatic carbocycles. The Morgan fingerprint density at radius 2 is 2.36 bits per heavy atom. The highest BCUT2D eigenvalue weighted by Gasteiger charge is 1.98. The van der Waals surface area contributed by atoms with Gasteiger partial charge in [0.1, 0.15) is 0 Å². The maximum Gasteiger partial charge on any atom is 0.0569 e. The SMILES string of the molecule is C#Cc1ccc(C(C)N)nc1. The van der Waals surface area contributed by atoms with Crippen LogP contribution in [0.1, 0.15) is 24.2 Å². The molecule has 1 heterocycles. The highest BCUT2D eigenvalue weighted by molar-refractivity contribution is 5.30. The van der Waals surface area contributed by atoms with Gasteiger partial charge in [-0.05, 0) is 19.1 Å². The first-order valence-corrected chi connectivity index (χ1v) is 3.42. The van der Waals surface area contributed by atoms with Crippen molar-refractivity contribution in [3.63, 3.8) is 0 Å². The van der Waals surface area contributed by atoms with E-state index in [-0.39, 0.29) is 6.04 Å². The summed E-state index contributed by atoms with van der Waals surface area (Å²) in [5.41, 5.74) is 7.24. The lowest BCUT2D eigenvalue weighted by Crippen LogP contribution is -2.06. The summed E-state index contributed by atoms with van der Waals surface area (Å²) < 4.78 is 0. The minimum Gasteiger partial charge on any atom is -0.323 e. The predicted molar refractivity (Wildman–Crippen MR) is 44.8 cm³/mol. The van der Waals surface area contributed by atoms with Gasteiger partial charge in [0, 0.05) is 17.8 Å². The minimum absolute atomic E-state index is 0.0261. The zero-order valence-electron chi connectivity index (χ0n) is 6.41. The highest BCUT2D eigenvalue weighted by atomic mass is 14.7. The fourth-order valence-electron chi connectivity index (χ4n) is 0.760. The third-order valence-corrected chi connectivity index (χ3v) is 1.42. The molecule has 56 valence electrons. The van der Waals surface area contributed by atoms with Crippen LogP contribution in [0.25, 0.3) is 0 Å². The lowest BCUT2D eigenvalue weighted by atomic mass is 10.2. The second-order valence-electron chi connectivity index (χ2n) is 2.40. The monoisotopic (exact) mass is 146 g/mol. The Morgan fingerprint density at radius 1 is 1.64 bits per heavy atom. The Morgan fingerprint density at radius 3 is 2.73 bits per heavy atom. The lowest BCUT2D eigenvalue weighted by molar-refractivity contribution is 0.781. The summed E-state index contributed by atoms with van der Waals surface area (Å²) in [6, 6.07) is 3.66. The van der Waals surface area contributed by atoms with E-state index >= 15 is 0 Å². The Balaban J connectivity index is 2.94. The van der Waals surface area contributed by atoms with Gasteiger partial charge in [0.2, 0.25) is 0 Å². The molecule has 2 N–H and O–H groups in total. The van der Waals surface area contributed by atoms with Gasteiger partial charge in [0.25, 0.3) is 0 Å². The van der Waals surface area contributed by atoms with Crippen LogP contribution in [0.15, 0.2) is 18.3 Å². The molecule has 0 bridgehead atoms. The van der Waals surface area contributed by atoms with E-state index in [1.807, 2.05) is 19.1 Å². The Hall–Kier alpha value is -1.33. The molecule has 11 heavy (non-hydrogen) atoms. The lowest BCUT2D eigenvalue weighted by Gasteiger charge is -2.02. The molecule has 2 nitrogen and oxygen atoms in total. The van der Waals surface area contributed by atoms with E-state index < -0.39 is 0 Å². The first-order valence-electron chi connectivity index (χ1n) is 3.42. The third kappa shape index (κ3) is 1.79. The van der Waals surface area contributed by atoms with Crippen LogP contribution in [0.3, 0.4) is 0 Å². The van der Waals surface area contributed by atoms with Crippen molar-refractivity contribution in [2.45, 2.75) is 13.0 Å². The fraction of sp³-hybridized carbons (Fsp3) is 0.222. The average molecular weight is 146 g/mol. The van der Waals surface area contributed by atoms with Crippen LogP contribution in [0, 0.1) is 12.3 Å². The van der Waals surface area contributed by atoms with Crippen LogP contribution < -0.4 is 5.73 Å². The molecule has 0 aliphatic heterocycles. The van der Waals surface area contributed by atoms with E-state index in [0.717, 1.165) is 11.3 Å². The summed E-state index contributed by atoms with van der Waals surface area (Å²) in [6.07, 6.45) is 6.81. The smallest absolute Gasteiger partial charge is 0.0569 e. The second-order valence-corrected chi connectivity index (χ2v) is 2.40. The number of rotatable bonds is 1. The third-order valence-electron chi connectivity index (χ3n) is 1.42. The highest BCUT2D eigenvalue weighted by Crippen LogP contribution is 2.05. The molecule has 0 fully saturated rings. The number of terminal acetylenes is 1. The number of nitrogens with two attached hydrogens (primary N) is 1. The van der Waals surface area contributed by atoms with E-state index in [1.165, 1.54) is 0 Å². The van der Waals surface area contributed by atoms with Crippen molar-refractivity contribution in [1.82, 2.24) is 4.98 Å². The number of hydrogen-bond acceptors (Lipinski definition) is 2. The summed E-state index contributed by atoms with van der Waals surface area (Å²) in [4.78, 5) is 4.08. The summed E-state index contributed by atoms with van der Waals surface area (Å²) in [5.74, 6) is 2.49. The van der Waals surface area contributed by atoms with Crippen molar-refractivity contribution in [3.8, 4) is 12.3 Å². The summed E-state index contributed by atoms with van der Waals surface area (Å²) in [5, 5.41) is 0. The van der Waals surface area contributed by atoms with Crippen LogP contribution in [-0.2, 0) is 0 Å². The molecule has 1 atom stereocenters. The fourth-order valence-corrected chi connectivity index (χ4v) is 0.760. The van der Waals surface area contributed by atoms with Crippen molar-refractivity contribution < 1.29 is 0 Å². The van der Waals surface area contributed by atoms with Gasteiger partial charge < -0.3 is 5.73 Å². The van der Waals surface area contributed by atoms with Crippen molar-refractivity contribution in [1.29, 1.82) is 0 Å². The maximum atomic E-state index is 5.59. The Kier molecular flexibility index (Phi) is 2.25. The van der Waals surface area contributed by atoms with Crippen LogP contribution in [-0.4, -0.2) is 4.98 Å². The first-order chi connectivity index (χ1) is 5.24. The number of aromatic nitrogens is 1. The predicted octanol–water partition coefficient (Wildman–Crippen LogP) is 1.08. The van der Waals surface area contributed by atoms with Gasteiger partial charge >= 0.3 is 0 Å². The topological polar surface area (TPSA) is 38.9 Å². The molecule has 0 spiro atoms. The molecule has 0 amide bonds. The molecular weight excluding hydrogens is 136 g/mol. The molecule has 0 radical (unpaired) electrons. The molecular formula is C9H10N2. The van der Waals surface area contributed by atoms with E-state index in [9.17, 15) is 0 Å². The molecule has 1 rings (SSSR count). The van der Waals surface area contributed by atoms with E-state index in [2.05, 4.69) is 10.9 Å². The van der Waals surface area contributed by atoms with Gasteiger partial charge in [0.05, 0.1) is 5.69 Å². The van der Waals surface area contributed by atoms with Gasteiger partial charge in [-0.25, -0.2) is 0 Å². The van der Waals surface area contributed by atoms with Crippen molar-refractivity contribution in [3.05, 3.63) is 29.6 Å². The standard InChI is InChI=1S/C9H10N2/c1-3-8-4-5-9(7(2)10)11-6-8/h1,4-7H,10H2,2H3. The molecule has 0 aliphatic carbocycles. The maximum absolute atomic E-state index is 5.59. The van der Waals surface area contributed by atoms with Crippen molar-refractivity contribution in [2.75, 3.05) is 0 Å². The quantitative estimate of drug-likeness (QED) is 0.602. The van der Waals surface area contributed by atoms with E-state index in [1.54, 1.807) is 6.20 Å². The zero-order chi connectivity index (χ0) is 8.27.